The predicted octanol–water partition coefficient (Wildman–Crippen LogP) is 1.37. The number of hydrogen-bond donors (Lipinski definition) is 1. The molecular formula is C10H19BrN2O. The second kappa shape index (κ2) is 5.12. The van der Waals surface area contributed by atoms with E-state index >= 15 is 0 Å². The van der Waals surface area contributed by atoms with Crippen molar-refractivity contribution in [3.8, 4) is 0 Å². The molecule has 0 spiro atoms. The highest BCUT2D eigenvalue weighted by Gasteiger charge is 2.29. The number of halogens is 1. The van der Waals surface area contributed by atoms with Crippen LogP contribution in [0.4, 0.5) is 0 Å². The van der Waals surface area contributed by atoms with Crippen LogP contribution in [-0.4, -0.2) is 41.3 Å². The van der Waals surface area contributed by atoms with E-state index in [0.717, 1.165) is 12.6 Å². The Morgan fingerprint density at radius 2 is 2.14 bits per heavy atom. The Labute approximate surface area is 94.4 Å². The first-order valence-corrected chi connectivity index (χ1v) is 6.07. The summed E-state index contributed by atoms with van der Waals surface area (Å²) in [5, 5.41) is 2.92. The fraction of sp³-hybridized carbons (Fsp3) is 0.900. The van der Waals surface area contributed by atoms with Gasteiger partial charge < -0.3 is 5.32 Å². The van der Waals surface area contributed by atoms with Crippen LogP contribution in [0.5, 0.6) is 0 Å². The minimum atomic E-state index is -0.0964. The van der Waals surface area contributed by atoms with Gasteiger partial charge in [-0.1, -0.05) is 15.9 Å². The van der Waals surface area contributed by atoms with Crippen LogP contribution in [-0.2, 0) is 4.79 Å². The Hall–Kier alpha value is -0.0900. The van der Waals surface area contributed by atoms with Crippen molar-refractivity contribution in [3.63, 3.8) is 0 Å². The molecule has 4 heteroatoms. The summed E-state index contributed by atoms with van der Waals surface area (Å²) < 4.78 is 0. The number of carbonyl (C=O) groups excluding carboxylic acids is 1. The summed E-state index contributed by atoms with van der Waals surface area (Å²) in [6, 6.07) is 1.18. The van der Waals surface area contributed by atoms with Crippen LogP contribution >= 0.6 is 15.9 Å². The first-order chi connectivity index (χ1) is 6.52. The molecule has 1 aliphatic carbocycles. The number of nitrogens with zero attached hydrogens (tertiary/aromatic N) is 1. The molecule has 1 saturated carbocycles. The zero-order chi connectivity index (χ0) is 10.7. The molecule has 2 unspecified atom stereocenters. The lowest BCUT2D eigenvalue weighted by Crippen LogP contribution is -2.42. The fourth-order valence-electron chi connectivity index (χ4n) is 1.37. The normalized spacial score (nSPS) is 20.6. The fourth-order valence-corrected chi connectivity index (χ4v) is 1.54. The zero-order valence-electron chi connectivity index (χ0n) is 9.09. The third-order valence-electron chi connectivity index (χ3n) is 2.75. The molecule has 1 amide bonds. The zero-order valence-corrected chi connectivity index (χ0v) is 10.7. The van der Waals surface area contributed by atoms with Gasteiger partial charge >= 0.3 is 0 Å². The summed E-state index contributed by atoms with van der Waals surface area (Å²) in [6.45, 7) is 4.73. The van der Waals surface area contributed by atoms with Crippen LogP contribution in [0.3, 0.4) is 0 Å². The van der Waals surface area contributed by atoms with Crippen molar-refractivity contribution in [1.82, 2.24) is 10.2 Å². The van der Waals surface area contributed by atoms with E-state index in [1.54, 1.807) is 0 Å². The lowest BCUT2D eigenvalue weighted by atomic mass is 10.3. The van der Waals surface area contributed by atoms with E-state index in [4.69, 9.17) is 0 Å². The molecule has 1 N–H and O–H groups in total. The van der Waals surface area contributed by atoms with Crippen LogP contribution in [0, 0.1) is 0 Å². The highest BCUT2D eigenvalue weighted by Crippen LogP contribution is 2.26. The van der Waals surface area contributed by atoms with Gasteiger partial charge in [0.2, 0.25) is 5.91 Å². The van der Waals surface area contributed by atoms with Crippen LogP contribution in [0.1, 0.15) is 26.7 Å². The van der Waals surface area contributed by atoms with Gasteiger partial charge in [0.25, 0.3) is 0 Å². The summed E-state index contributed by atoms with van der Waals surface area (Å²) >= 11 is 3.24. The van der Waals surface area contributed by atoms with Crippen molar-refractivity contribution in [1.29, 1.82) is 0 Å². The number of carbonyl (C=O) groups is 1. The van der Waals surface area contributed by atoms with Crippen molar-refractivity contribution in [2.45, 2.75) is 43.6 Å². The Kier molecular flexibility index (Phi) is 4.38. The van der Waals surface area contributed by atoms with E-state index in [9.17, 15) is 4.79 Å². The molecule has 0 aromatic heterocycles. The van der Waals surface area contributed by atoms with Gasteiger partial charge in [0.1, 0.15) is 0 Å². The molecule has 0 aliphatic heterocycles. The smallest absolute Gasteiger partial charge is 0.233 e. The molecule has 0 aromatic rings. The summed E-state index contributed by atoms with van der Waals surface area (Å²) in [4.78, 5) is 13.5. The van der Waals surface area contributed by atoms with Gasteiger partial charge in [0, 0.05) is 18.6 Å². The highest BCUT2D eigenvalue weighted by molar-refractivity contribution is 9.10. The average Bonchev–Trinajstić information content (AvgIpc) is 2.95. The number of amides is 1. The topological polar surface area (TPSA) is 32.3 Å². The van der Waals surface area contributed by atoms with Gasteiger partial charge in [-0.25, -0.2) is 0 Å². The van der Waals surface area contributed by atoms with Crippen molar-refractivity contribution in [3.05, 3.63) is 0 Å². The van der Waals surface area contributed by atoms with Crippen LogP contribution in [0.2, 0.25) is 0 Å². The Balaban J connectivity index is 2.19. The summed E-state index contributed by atoms with van der Waals surface area (Å²) in [7, 11) is 2.13. The second-order valence-electron chi connectivity index (χ2n) is 4.11. The van der Waals surface area contributed by atoms with E-state index < -0.39 is 0 Å². The third kappa shape index (κ3) is 3.58. The number of rotatable bonds is 5. The molecular weight excluding hydrogens is 244 g/mol. The molecule has 0 bridgehead atoms. The largest absolute Gasteiger partial charge is 0.354 e. The van der Waals surface area contributed by atoms with Crippen LogP contribution in [0.25, 0.3) is 0 Å². The predicted molar refractivity (Wildman–Crippen MR) is 61.6 cm³/mol. The maximum Gasteiger partial charge on any atom is 0.233 e. The van der Waals surface area contributed by atoms with E-state index in [2.05, 4.69) is 40.1 Å². The molecule has 82 valence electrons. The van der Waals surface area contributed by atoms with Gasteiger partial charge in [0.15, 0.2) is 0 Å². The molecule has 1 rings (SSSR count). The van der Waals surface area contributed by atoms with E-state index in [1.807, 2.05) is 6.92 Å². The van der Waals surface area contributed by atoms with E-state index in [1.165, 1.54) is 12.8 Å². The minimum Gasteiger partial charge on any atom is -0.354 e. The Morgan fingerprint density at radius 3 is 2.57 bits per heavy atom. The quantitative estimate of drug-likeness (QED) is 0.760. The van der Waals surface area contributed by atoms with Crippen LogP contribution < -0.4 is 5.32 Å². The number of alkyl halides is 1. The first-order valence-electron chi connectivity index (χ1n) is 5.16. The lowest BCUT2D eigenvalue weighted by molar-refractivity contribution is -0.120. The maximum atomic E-state index is 11.3. The highest BCUT2D eigenvalue weighted by atomic mass is 79.9. The Bertz CT molecular complexity index is 204. The lowest BCUT2D eigenvalue weighted by Gasteiger charge is -2.24. The van der Waals surface area contributed by atoms with Gasteiger partial charge in [-0.05, 0) is 33.7 Å². The summed E-state index contributed by atoms with van der Waals surface area (Å²) in [5.74, 6) is 0.0704. The SMILES string of the molecule is CC(Br)C(=O)NCC(C)N(C)C1CC1. The molecule has 2 atom stereocenters. The van der Waals surface area contributed by atoms with Crippen molar-refractivity contribution in [2.24, 2.45) is 0 Å². The molecule has 1 aliphatic rings. The van der Waals surface area contributed by atoms with Crippen molar-refractivity contribution in [2.75, 3.05) is 13.6 Å². The number of nitrogens with one attached hydrogen (secondary N) is 1. The second-order valence-corrected chi connectivity index (χ2v) is 5.48. The van der Waals surface area contributed by atoms with Gasteiger partial charge in [0.05, 0.1) is 4.83 Å². The van der Waals surface area contributed by atoms with E-state index in [-0.39, 0.29) is 10.7 Å². The molecule has 0 aromatic carbocycles. The van der Waals surface area contributed by atoms with Gasteiger partial charge in [-0.15, -0.1) is 0 Å². The standard InChI is InChI=1S/C10H19BrN2O/c1-7(13(3)9-4-5-9)6-12-10(14)8(2)11/h7-9H,4-6H2,1-3H3,(H,12,14). The molecule has 3 nitrogen and oxygen atoms in total. The summed E-state index contributed by atoms with van der Waals surface area (Å²) in [6.07, 6.45) is 2.62. The molecule has 14 heavy (non-hydrogen) atoms. The number of hydrogen-bond acceptors (Lipinski definition) is 2. The molecule has 0 saturated heterocycles. The minimum absolute atomic E-state index is 0.0704. The van der Waals surface area contributed by atoms with Crippen molar-refractivity contribution < 1.29 is 4.79 Å². The maximum absolute atomic E-state index is 11.3. The first kappa shape index (κ1) is 12.0. The Morgan fingerprint density at radius 1 is 1.57 bits per heavy atom. The number of likely N-dealkylation sites (N-methyl/N-ethyl adjacent to an activating group) is 1. The van der Waals surface area contributed by atoms with Gasteiger partial charge in [-0.2, -0.15) is 0 Å². The molecule has 0 radical (unpaired) electrons. The summed E-state index contributed by atoms with van der Waals surface area (Å²) in [5.41, 5.74) is 0. The average molecular weight is 263 g/mol. The van der Waals surface area contributed by atoms with E-state index in [0.29, 0.717) is 6.04 Å². The molecule has 1 fully saturated rings. The third-order valence-corrected chi connectivity index (χ3v) is 3.17. The van der Waals surface area contributed by atoms with Crippen LogP contribution in [0.15, 0.2) is 0 Å². The molecule has 0 heterocycles. The van der Waals surface area contributed by atoms with Gasteiger partial charge in [-0.3, -0.25) is 9.69 Å². The van der Waals surface area contributed by atoms with Crippen molar-refractivity contribution >= 4 is 21.8 Å². The monoisotopic (exact) mass is 262 g/mol.